The molecule has 0 saturated carbocycles. The van der Waals surface area contributed by atoms with Crippen molar-refractivity contribution in [1.29, 1.82) is 0 Å². The number of hydrogen-bond donors (Lipinski definition) is 2. The van der Waals surface area contributed by atoms with E-state index in [4.69, 9.17) is 10.2 Å². The molecule has 0 aliphatic rings. The monoisotopic (exact) mass is 118 g/mol. The lowest BCUT2D eigenvalue weighted by molar-refractivity contribution is 0.299. The number of hydrogen-bond acceptors (Lipinski definition) is 2. The molecule has 8 heavy (non-hydrogen) atoms. The highest BCUT2D eigenvalue weighted by Gasteiger charge is 1.77. The van der Waals surface area contributed by atoms with Gasteiger partial charge in [0.25, 0.3) is 0 Å². The third kappa shape index (κ3) is 17.4. The largest absolute Gasteiger partial charge is 0.400 e. The van der Waals surface area contributed by atoms with Crippen LogP contribution in [0.4, 0.5) is 0 Å². The first kappa shape index (κ1) is 10.6. The molecule has 0 aliphatic heterocycles. The zero-order valence-electron chi connectivity index (χ0n) is 5.52. The van der Waals surface area contributed by atoms with Crippen molar-refractivity contribution < 1.29 is 10.2 Å². The van der Waals surface area contributed by atoms with E-state index in [9.17, 15) is 0 Å². The van der Waals surface area contributed by atoms with Gasteiger partial charge in [-0.05, 0) is 13.3 Å². The fraction of sp³-hybridized carbons (Fsp3) is 0.667. The fourth-order valence-electron chi connectivity index (χ4n) is 0.191. The predicted octanol–water partition coefficient (Wildman–Crippen LogP) is 0.553. The van der Waals surface area contributed by atoms with Crippen molar-refractivity contribution in [2.24, 2.45) is 0 Å². The Morgan fingerprint density at radius 1 is 1.50 bits per heavy atom. The van der Waals surface area contributed by atoms with E-state index in [1.54, 1.807) is 0 Å². The Bertz CT molecular complexity index is 50.5. The van der Waals surface area contributed by atoms with E-state index in [-0.39, 0.29) is 6.61 Å². The minimum atomic E-state index is 0.231. The van der Waals surface area contributed by atoms with E-state index in [0.29, 0.717) is 0 Å². The van der Waals surface area contributed by atoms with Crippen LogP contribution in [0.2, 0.25) is 0 Å². The van der Waals surface area contributed by atoms with Gasteiger partial charge in [-0.15, -0.1) is 6.58 Å². The maximum atomic E-state index is 8.18. The Kier molecular flexibility index (Phi) is 13.0. The highest BCUT2D eigenvalue weighted by Crippen LogP contribution is 1.90. The third-order valence-corrected chi connectivity index (χ3v) is 0.539. The quantitative estimate of drug-likeness (QED) is 0.520. The van der Waals surface area contributed by atoms with Gasteiger partial charge in [0, 0.05) is 13.7 Å². The van der Waals surface area contributed by atoms with Crippen LogP contribution in [0.15, 0.2) is 12.2 Å². The average Bonchev–Trinajstić information content (AvgIpc) is 1.72. The summed E-state index contributed by atoms with van der Waals surface area (Å²) >= 11 is 0. The maximum absolute atomic E-state index is 8.18. The molecule has 0 saturated heterocycles. The van der Waals surface area contributed by atoms with Gasteiger partial charge in [-0.3, -0.25) is 0 Å². The summed E-state index contributed by atoms with van der Waals surface area (Å²) in [6, 6.07) is 0. The lowest BCUT2D eigenvalue weighted by atomic mass is 10.3. The molecule has 2 heteroatoms. The number of aliphatic hydroxyl groups excluding tert-OH is 2. The molecule has 0 bridgehead atoms. The zero-order chi connectivity index (χ0) is 6.99. The first-order chi connectivity index (χ1) is 3.77. The van der Waals surface area contributed by atoms with Gasteiger partial charge in [-0.1, -0.05) is 5.57 Å². The van der Waals surface area contributed by atoms with Gasteiger partial charge >= 0.3 is 0 Å². The van der Waals surface area contributed by atoms with Gasteiger partial charge in [0.05, 0.1) is 0 Å². The van der Waals surface area contributed by atoms with Gasteiger partial charge in [-0.25, -0.2) is 0 Å². The van der Waals surface area contributed by atoms with Crippen LogP contribution in [-0.4, -0.2) is 23.9 Å². The second kappa shape index (κ2) is 9.83. The summed E-state index contributed by atoms with van der Waals surface area (Å²) in [5.41, 5.74) is 1.04. The van der Waals surface area contributed by atoms with Crippen molar-refractivity contribution in [3.63, 3.8) is 0 Å². The minimum Gasteiger partial charge on any atom is -0.400 e. The summed E-state index contributed by atoms with van der Waals surface area (Å²) in [7, 11) is 1.00. The summed E-state index contributed by atoms with van der Waals surface area (Å²) in [5, 5.41) is 15.2. The molecule has 0 aromatic rings. The van der Waals surface area contributed by atoms with E-state index in [2.05, 4.69) is 6.58 Å². The Hall–Kier alpha value is -0.340. The molecule has 0 fully saturated rings. The summed E-state index contributed by atoms with van der Waals surface area (Å²) in [6.07, 6.45) is 0.736. The third-order valence-electron chi connectivity index (χ3n) is 0.539. The Labute approximate surface area is 50.5 Å². The van der Waals surface area contributed by atoms with Crippen molar-refractivity contribution in [2.45, 2.75) is 13.3 Å². The topological polar surface area (TPSA) is 40.5 Å². The van der Waals surface area contributed by atoms with E-state index in [1.165, 1.54) is 0 Å². The van der Waals surface area contributed by atoms with E-state index in [1.807, 2.05) is 6.92 Å². The number of aliphatic hydroxyl groups is 2. The van der Waals surface area contributed by atoms with Gasteiger partial charge < -0.3 is 10.2 Å². The summed E-state index contributed by atoms with van der Waals surface area (Å²) in [5.74, 6) is 0. The molecule has 0 atom stereocenters. The first-order valence-electron chi connectivity index (χ1n) is 2.47. The Morgan fingerprint density at radius 2 is 1.88 bits per heavy atom. The van der Waals surface area contributed by atoms with Gasteiger partial charge in [0.15, 0.2) is 0 Å². The van der Waals surface area contributed by atoms with Crippen LogP contribution in [0, 0.1) is 0 Å². The second-order valence-corrected chi connectivity index (χ2v) is 1.43. The molecule has 0 aromatic heterocycles. The molecular formula is C6H14O2. The first-order valence-corrected chi connectivity index (χ1v) is 2.47. The normalized spacial score (nSPS) is 7.00. The smallest absolute Gasteiger partial charge is 0.0467 e. The van der Waals surface area contributed by atoms with Crippen molar-refractivity contribution in [3.8, 4) is 0 Å². The van der Waals surface area contributed by atoms with Crippen molar-refractivity contribution in [3.05, 3.63) is 12.2 Å². The molecule has 0 rings (SSSR count). The predicted molar refractivity (Wildman–Crippen MR) is 34.7 cm³/mol. The molecule has 0 aromatic carbocycles. The van der Waals surface area contributed by atoms with Crippen molar-refractivity contribution >= 4 is 0 Å². The van der Waals surface area contributed by atoms with Gasteiger partial charge in [-0.2, -0.15) is 0 Å². The average molecular weight is 118 g/mol. The van der Waals surface area contributed by atoms with Crippen LogP contribution in [0.1, 0.15) is 13.3 Å². The summed E-state index contributed by atoms with van der Waals surface area (Å²) in [4.78, 5) is 0. The molecule has 2 N–H and O–H groups in total. The molecular weight excluding hydrogens is 104 g/mol. The van der Waals surface area contributed by atoms with Crippen LogP contribution in [0.3, 0.4) is 0 Å². The second-order valence-electron chi connectivity index (χ2n) is 1.43. The van der Waals surface area contributed by atoms with E-state index in [0.717, 1.165) is 19.1 Å². The number of rotatable bonds is 2. The Morgan fingerprint density at radius 3 is 1.88 bits per heavy atom. The SMILES string of the molecule is C=C(C)CCO.CO. The van der Waals surface area contributed by atoms with Crippen LogP contribution in [0.25, 0.3) is 0 Å². The molecule has 50 valence electrons. The highest BCUT2D eigenvalue weighted by atomic mass is 16.3. The van der Waals surface area contributed by atoms with Crippen molar-refractivity contribution in [1.82, 2.24) is 0 Å². The van der Waals surface area contributed by atoms with E-state index < -0.39 is 0 Å². The molecule has 0 spiro atoms. The van der Waals surface area contributed by atoms with Crippen LogP contribution in [0.5, 0.6) is 0 Å². The molecule has 0 unspecified atom stereocenters. The summed E-state index contributed by atoms with van der Waals surface area (Å²) in [6.45, 7) is 5.72. The molecule has 0 aliphatic carbocycles. The molecule has 0 amide bonds. The van der Waals surface area contributed by atoms with Crippen LogP contribution in [-0.2, 0) is 0 Å². The molecule has 2 nitrogen and oxygen atoms in total. The van der Waals surface area contributed by atoms with Crippen LogP contribution >= 0.6 is 0 Å². The highest BCUT2D eigenvalue weighted by molar-refractivity contribution is 4.86. The Balaban J connectivity index is 0. The fourth-order valence-corrected chi connectivity index (χ4v) is 0.191. The van der Waals surface area contributed by atoms with Crippen LogP contribution < -0.4 is 0 Å². The van der Waals surface area contributed by atoms with Gasteiger partial charge in [0.1, 0.15) is 0 Å². The summed E-state index contributed by atoms with van der Waals surface area (Å²) < 4.78 is 0. The van der Waals surface area contributed by atoms with Crippen molar-refractivity contribution in [2.75, 3.05) is 13.7 Å². The van der Waals surface area contributed by atoms with Gasteiger partial charge in [0.2, 0.25) is 0 Å². The molecule has 0 heterocycles. The minimum absolute atomic E-state index is 0.231. The lowest BCUT2D eigenvalue weighted by Crippen LogP contribution is -1.79. The molecule has 0 radical (unpaired) electrons. The van der Waals surface area contributed by atoms with E-state index >= 15 is 0 Å². The zero-order valence-corrected chi connectivity index (χ0v) is 5.52. The lowest BCUT2D eigenvalue weighted by Gasteiger charge is -1.87. The maximum Gasteiger partial charge on any atom is 0.0467 e. The standard InChI is InChI=1S/C5H10O.CH4O/c1-5(2)3-4-6;1-2/h6H,1,3-4H2,2H3;2H,1H3.